The van der Waals surface area contributed by atoms with Crippen LogP contribution in [0.1, 0.15) is 22.7 Å². The van der Waals surface area contributed by atoms with Gasteiger partial charge in [-0.1, -0.05) is 24.3 Å². The van der Waals surface area contributed by atoms with Crippen LogP contribution in [0, 0.1) is 10.1 Å². The van der Waals surface area contributed by atoms with Gasteiger partial charge in [-0.05, 0) is 29.2 Å². The lowest BCUT2D eigenvalue weighted by molar-refractivity contribution is -0.384. The summed E-state index contributed by atoms with van der Waals surface area (Å²) in [5, 5.41) is 10.6. The van der Waals surface area contributed by atoms with E-state index < -0.39 is 4.92 Å². The molecule has 5 heteroatoms. The molecule has 21 heavy (non-hydrogen) atoms. The van der Waals surface area contributed by atoms with E-state index in [2.05, 4.69) is 6.07 Å². The van der Waals surface area contributed by atoms with Gasteiger partial charge in [0.05, 0.1) is 11.5 Å². The smallest absolute Gasteiger partial charge is 0.269 e. The van der Waals surface area contributed by atoms with Crippen LogP contribution < -0.4 is 10.5 Å². The van der Waals surface area contributed by atoms with E-state index in [1.54, 1.807) is 12.1 Å². The van der Waals surface area contributed by atoms with Crippen LogP contribution in [0.3, 0.4) is 0 Å². The molecule has 0 amide bonds. The zero-order valence-electron chi connectivity index (χ0n) is 11.5. The summed E-state index contributed by atoms with van der Waals surface area (Å²) in [6.45, 7) is 0.733. The zero-order chi connectivity index (χ0) is 14.8. The van der Waals surface area contributed by atoms with Gasteiger partial charge in [-0.15, -0.1) is 0 Å². The first-order valence-electron chi connectivity index (χ1n) is 6.88. The number of ether oxygens (including phenoxy) is 1. The molecule has 2 N–H and O–H groups in total. The quantitative estimate of drug-likeness (QED) is 0.691. The molecule has 5 nitrogen and oxygen atoms in total. The zero-order valence-corrected chi connectivity index (χ0v) is 11.5. The van der Waals surface area contributed by atoms with Gasteiger partial charge in [0.25, 0.3) is 5.69 Å². The molecular weight excluding hydrogens is 268 g/mol. The Kier molecular flexibility index (Phi) is 3.58. The highest BCUT2D eigenvalue weighted by atomic mass is 16.6. The van der Waals surface area contributed by atoms with Crippen molar-refractivity contribution >= 4 is 5.69 Å². The fourth-order valence-electron chi connectivity index (χ4n) is 2.56. The predicted octanol–water partition coefficient (Wildman–Crippen LogP) is 2.77. The number of nitrogens with zero attached hydrogens (tertiary/aromatic N) is 1. The minimum absolute atomic E-state index is 0.0991. The van der Waals surface area contributed by atoms with E-state index in [0.717, 1.165) is 29.9 Å². The van der Waals surface area contributed by atoms with E-state index in [4.69, 9.17) is 10.5 Å². The third-order valence-electron chi connectivity index (χ3n) is 3.74. The third kappa shape index (κ3) is 2.87. The first-order chi connectivity index (χ1) is 10.1. The van der Waals surface area contributed by atoms with Crippen LogP contribution in [0.4, 0.5) is 5.69 Å². The molecule has 0 saturated heterocycles. The second-order valence-corrected chi connectivity index (χ2v) is 5.20. The Morgan fingerprint density at radius 1 is 1.24 bits per heavy atom. The molecule has 2 aromatic rings. The van der Waals surface area contributed by atoms with Crippen molar-refractivity contribution in [3.8, 4) is 5.75 Å². The fraction of sp³-hybridized carbons (Fsp3) is 0.250. The molecule has 3 rings (SSSR count). The van der Waals surface area contributed by atoms with E-state index >= 15 is 0 Å². The van der Waals surface area contributed by atoms with E-state index in [-0.39, 0.29) is 11.7 Å². The Labute approximate surface area is 122 Å². The number of rotatable bonds is 4. The first kappa shape index (κ1) is 13.6. The fourth-order valence-corrected chi connectivity index (χ4v) is 2.56. The van der Waals surface area contributed by atoms with Crippen LogP contribution in [-0.4, -0.2) is 11.5 Å². The second kappa shape index (κ2) is 5.54. The Balaban J connectivity index is 1.73. The molecular formula is C16H16N2O3. The van der Waals surface area contributed by atoms with Crippen molar-refractivity contribution in [1.29, 1.82) is 0 Å². The molecule has 0 fully saturated rings. The highest BCUT2D eigenvalue weighted by molar-refractivity contribution is 5.41. The number of nitro benzene ring substituents is 1. The summed E-state index contributed by atoms with van der Waals surface area (Å²) in [4.78, 5) is 10.2. The largest absolute Gasteiger partial charge is 0.493 e. The topological polar surface area (TPSA) is 78.4 Å². The van der Waals surface area contributed by atoms with Crippen LogP contribution in [0.25, 0.3) is 0 Å². The van der Waals surface area contributed by atoms with Gasteiger partial charge in [-0.25, -0.2) is 0 Å². The van der Waals surface area contributed by atoms with Crippen LogP contribution >= 0.6 is 0 Å². The molecule has 0 radical (unpaired) electrons. The second-order valence-electron chi connectivity index (χ2n) is 5.20. The van der Waals surface area contributed by atoms with E-state index in [1.807, 2.05) is 12.1 Å². The molecule has 1 atom stereocenters. The minimum atomic E-state index is -0.399. The highest BCUT2D eigenvalue weighted by Crippen LogP contribution is 2.28. The number of non-ortho nitro benzene ring substituents is 1. The molecule has 0 bridgehead atoms. The van der Waals surface area contributed by atoms with Gasteiger partial charge >= 0.3 is 0 Å². The molecule has 0 spiro atoms. The molecule has 2 aromatic carbocycles. The standard InChI is InChI=1S/C16H16N2O3/c17-15(9-11-1-4-14(5-2-11)18(19)20)12-3-6-16-13(10-12)7-8-21-16/h1-6,10,15H,7-9,17H2. The summed E-state index contributed by atoms with van der Waals surface area (Å²) >= 11 is 0. The Hall–Kier alpha value is -2.40. The van der Waals surface area contributed by atoms with Crippen molar-refractivity contribution in [2.24, 2.45) is 5.73 Å². The van der Waals surface area contributed by atoms with Crippen LogP contribution in [0.5, 0.6) is 5.75 Å². The lowest BCUT2D eigenvalue weighted by Gasteiger charge is -2.13. The molecule has 1 unspecified atom stereocenters. The molecule has 0 aliphatic carbocycles. The predicted molar refractivity (Wildman–Crippen MR) is 79.4 cm³/mol. The number of hydrogen-bond acceptors (Lipinski definition) is 4. The molecule has 1 heterocycles. The molecule has 0 aromatic heterocycles. The number of hydrogen-bond donors (Lipinski definition) is 1. The maximum Gasteiger partial charge on any atom is 0.269 e. The van der Waals surface area contributed by atoms with Gasteiger partial charge in [0.1, 0.15) is 5.75 Å². The summed E-state index contributed by atoms with van der Waals surface area (Å²) in [6.07, 6.45) is 1.57. The van der Waals surface area contributed by atoms with Crippen molar-refractivity contribution in [3.63, 3.8) is 0 Å². The van der Waals surface area contributed by atoms with Gasteiger partial charge < -0.3 is 10.5 Å². The average Bonchev–Trinajstić information content (AvgIpc) is 2.95. The molecule has 1 aliphatic heterocycles. The van der Waals surface area contributed by atoms with Gasteiger partial charge in [0.2, 0.25) is 0 Å². The maximum atomic E-state index is 10.6. The summed E-state index contributed by atoms with van der Waals surface area (Å²) in [6, 6.07) is 12.5. The van der Waals surface area contributed by atoms with E-state index in [9.17, 15) is 10.1 Å². The van der Waals surface area contributed by atoms with E-state index in [1.165, 1.54) is 17.7 Å². The summed E-state index contributed by atoms with van der Waals surface area (Å²) in [5.41, 5.74) is 9.60. The normalized spacial score (nSPS) is 14.3. The lowest BCUT2D eigenvalue weighted by atomic mass is 9.97. The Morgan fingerprint density at radius 2 is 2.00 bits per heavy atom. The highest BCUT2D eigenvalue weighted by Gasteiger charge is 2.15. The first-order valence-corrected chi connectivity index (χ1v) is 6.88. The van der Waals surface area contributed by atoms with Crippen molar-refractivity contribution < 1.29 is 9.66 Å². The number of benzene rings is 2. The van der Waals surface area contributed by atoms with E-state index in [0.29, 0.717) is 6.42 Å². The maximum absolute atomic E-state index is 10.6. The monoisotopic (exact) mass is 284 g/mol. The van der Waals surface area contributed by atoms with Crippen molar-refractivity contribution in [2.45, 2.75) is 18.9 Å². The Bertz CT molecular complexity index is 668. The molecule has 1 aliphatic rings. The average molecular weight is 284 g/mol. The van der Waals surface area contributed by atoms with Crippen LogP contribution in [-0.2, 0) is 12.8 Å². The van der Waals surface area contributed by atoms with Crippen LogP contribution in [0.15, 0.2) is 42.5 Å². The number of nitrogens with two attached hydrogens (primary N) is 1. The van der Waals surface area contributed by atoms with Gasteiger partial charge in [0.15, 0.2) is 0 Å². The number of nitro groups is 1. The molecule has 0 saturated carbocycles. The van der Waals surface area contributed by atoms with Crippen LogP contribution in [0.2, 0.25) is 0 Å². The Morgan fingerprint density at radius 3 is 2.71 bits per heavy atom. The molecule has 108 valence electrons. The van der Waals surface area contributed by atoms with Gasteiger partial charge in [-0.2, -0.15) is 0 Å². The third-order valence-corrected chi connectivity index (χ3v) is 3.74. The van der Waals surface area contributed by atoms with Gasteiger partial charge in [-0.3, -0.25) is 10.1 Å². The lowest BCUT2D eigenvalue weighted by Crippen LogP contribution is -2.13. The van der Waals surface area contributed by atoms with Crippen molar-refractivity contribution in [2.75, 3.05) is 6.61 Å². The minimum Gasteiger partial charge on any atom is -0.493 e. The number of fused-ring (bicyclic) bond motifs is 1. The summed E-state index contributed by atoms with van der Waals surface area (Å²) < 4.78 is 5.48. The van der Waals surface area contributed by atoms with Gasteiger partial charge in [0, 0.05) is 24.6 Å². The van der Waals surface area contributed by atoms with Crippen molar-refractivity contribution in [3.05, 3.63) is 69.3 Å². The van der Waals surface area contributed by atoms with Crippen molar-refractivity contribution in [1.82, 2.24) is 0 Å². The SMILES string of the molecule is NC(Cc1ccc([N+](=O)[O-])cc1)c1ccc2c(c1)CCO2. The summed E-state index contributed by atoms with van der Waals surface area (Å²) in [7, 11) is 0. The summed E-state index contributed by atoms with van der Waals surface area (Å²) in [5.74, 6) is 0.946.